The van der Waals surface area contributed by atoms with Crippen molar-refractivity contribution in [2.75, 3.05) is 31.1 Å². The molecule has 2 aromatic carbocycles. The van der Waals surface area contributed by atoms with Crippen LogP contribution in [-0.2, 0) is 0 Å². The molecule has 26 heavy (non-hydrogen) atoms. The lowest BCUT2D eigenvalue weighted by atomic mass is 10.0. The van der Waals surface area contributed by atoms with Crippen molar-refractivity contribution in [2.24, 2.45) is 0 Å². The Balaban J connectivity index is 1.75. The monoisotopic (exact) mass is 351 g/mol. The van der Waals surface area contributed by atoms with Crippen LogP contribution >= 0.6 is 0 Å². The van der Waals surface area contributed by atoms with E-state index in [2.05, 4.69) is 6.07 Å². The Hall–Kier alpha value is -3.20. The fourth-order valence-electron chi connectivity index (χ4n) is 3.15. The Kier molecular flexibility index (Phi) is 4.99. The molecule has 0 N–H and O–H groups in total. The Morgan fingerprint density at radius 3 is 2.54 bits per heavy atom. The normalized spacial score (nSPS) is 14.0. The number of nitriles is 1. The van der Waals surface area contributed by atoms with Gasteiger partial charge in [-0.1, -0.05) is 12.1 Å². The van der Waals surface area contributed by atoms with Crippen molar-refractivity contribution in [3.63, 3.8) is 0 Å². The highest BCUT2D eigenvalue weighted by molar-refractivity contribution is 5.96. The SMILES string of the molecule is Cc1cc(F)c(C(=O)N2CCN(c3ccccc3C#N)CC2)cc1C=O. The number of para-hydroxylation sites is 1. The van der Waals surface area contributed by atoms with Crippen molar-refractivity contribution in [3.05, 3.63) is 64.5 Å². The van der Waals surface area contributed by atoms with Crippen LogP contribution in [0, 0.1) is 24.1 Å². The van der Waals surface area contributed by atoms with Crippen LogP contribution in [0.15, 0.2) is 36.4 Å². The third-order valence-electron chi connectivity index (χ3n) is 4.65. The molecule has 0 aromatic heterocycles. The zero-order valence-electron chi connectivity index (χ0n) is 14.4. The maximum atomic E-state index is 14.2. The molecule has 2 aromatic rings. The van der Waals surface area contributed by atoms with Crippen LogP contribution in [0.5, 0.6) is 0 Å². The second-order valence-electron chi connectivity index (χ2n) is 6.21. The smallest absolute Gasteiger partial charge is 0.256 e. The molecule has 1 aliphatic heterocycles. The molecule has 3 rings (SSSR count). The van der Waals surface area contributed by atoms with Gasteiger partial charge in [0.15, 0.2) is 0 Å². The predicted molar refractivity (Wildman–Crippen MR) is 95.8 cm³/mol. The van der Waals surface area contributed by atoms with Gasteiger partial charge >= 0.3 is 0 Å². The number of rotatable bonds is 3. The zero-order chi connectivity index (χ0) is 18.7. The Labute approximate surface area is 151 Å². The van der Waals surface area contributed by atoms with Gasteiger partial charge in [0, 0.05) is 31.7 Å². The van der Waals surface area contributed by atoms with Crippen LogP contribution in [0.1, 0.15) is 31.8 Å². The molecule has 1 heterocycles. The lowest BCUT2D eigenvalue weighted by Crippen LogP contribution is -2.49. The third kappa shape index (κ3) is 3.29. The molecule has 1 aliphatic rings. The largest absolute Gasteiger partial charge is 0.367 e. The first-order valence-corrected chi connectivity index (χ1v) is 8.34. The van der Waals surface area contributed by atoms with Crippen LogP contribution < -0.4 is 4.90 Å². The maximum Gasteiger partial charge on any atom is 0.256 e. The van der Waals surface area contributed by atoms with Gasteiger partial charge in [-0.25, -0.2) is 4.39 Å². The van der Waals surface area contributed by atoms with Gasteiger partial charge in [-0.2, -0.15) is 5.26 Å². The van der Waals surface area contributed by atoms with E-state index in [1.165, 1.54) is 12.1 Å². The fraction of sp³-hybridized carbons (Fsp3) is 0.250. The summed E-state index contributed by atoms with van der Waals surface area (Å²) in [5.74, 6) is -1.03. The lowest BCUT2D eigenvalue weighted by Gasteiger charge is -2.36. The highest BCUT2D eigenvalue weighted by atomic mass is 19.1. The number of anilines is 1. The number of halogens is 1. The van der Waals surface area contributed by atoms with Gasteiger partial charge in [-0.05, 0) is 36.8 Å². The number of piperazine rings is 1. The molecule has 0 spiro atoms. The molecular formula is C20H18FN3O2. The van der Waals surface area contributed by atoms with Crippen molar-refractivity contribution in [1.29, 1.82) is 5.26 Å². The average Bonchev–Trinajstić information content (AvgIpc) is 2.68. The Bertz CT molecular complexity index is 896. The van der Waals surface area contributed by atoms with Crippen molar-refractivity contribution >= 4 is 17.9 Å². The van der Waals surface area contributed by atoms with Gasteiger partial charge < -0.3 is 9.80 Å². The third-order valence-corrected chi connectivity index (χ3v) is 4.65. The first kappa shape index (κ1) is 17.6. The van der Waals surface area contributed by atoms with E-state index in [-0.39, 0.29) is 5.56 Å². The molecule has 0 radical (unpaired) electrons. The summed E-state index contributed by atoms with van der Waals surface area (Å²) in [4.78, 5) is 27.4. The lowest BCUT2D eigenvalue weighted by molar-refractivity contribution is 0.0742. The van der Waals surface area contributed by atoms with Crippen LogP contribution in [0.25, 0.3) is 0 Å². The summed E-state index contributed by atoms with van der Waals surface area (Å²) in [5, 5.41) is 9.23. The van der Waals surface area contributed by atoms with Crippen LogP contribution in [0.4, 0.5) is 10.1 Å². The second-order valence-corrected chi connectivity index (χ2v) is 6.21. The van der Waals surface area contributed by atoms with Crippen LogP contribution in [0.2, 0.25) is 0 Å². The van der Waals surface area contributed by atoms with E-state index in [1.807, 2.05) is 23.1 Å². The van der Waals surface area contributed by atoms with Gasteiger partial charge in [-0.3, -0.25) is 9.59 Å². The van der Waals surface area contributed by atoms with Gasteiger partial charge in [0.05, 0.1) is 16.8 Å². The number of hydrogen-bond acceptors (Lipinski definition) is 4. The van der Waals surface area contributed by atoms with Crippen molar-refractivity contribution in [1.82, 2.24) is 4.90 Å². The van der Waals surface area contributed by atoms with Crippen molar-refractivity contribution in [3.8, 4) is 6.07 Å². The van der Waals surface area contributed by atoms with E-state index in [0.29, 0.717) is 49.2 Å². The van der Waals surface area contributed by atoms with E-state index in [0.717, 1.165) is 5.69 Å². The standard InChI is InChI=1S/C20H18FN3O2/c1-14-10-18(21)17(11-16(14)13-25)20(26)24-8-6-23(7-9-24)19-5-3-2-4-15(19)12-22/h2-5,10-11,13H,6-9H2,1H3. The van der Waals surface area contributed by atoms with Crippen molar-refractivity contribution in [2.45, 2.75) is 6.92 Å². The minimum Gasteiger partial charge on any atom is -0.367 e. The first-order chi connectivity index (χ1) is 12.5. The number of nitrogens with zero attached hydrogens (tertiary/aromatic N) is 3. The van der Waals surface area contributed by atoms with Crippen LogP contribution in [0.3, 0.4) is 0 Å². The van der Waals surface area contributed by atoms with E-state index in [4.69, 9.17) is 0 Å². The highest BCUT2D eigenvalue weighted by Crippen LogP contribution is 2.22. The van der Waals surface area contributed by atoms with Crippen molar-refractivity contribution < 1.29 is 14.0 Å². The number of carbonyl (C=O) groups excluding carboxylic acids is 2. The topological polar surface area (TPSA) is 64.4 Å². The average molecular weight is 351 g/mol. The zero-order valence-corrected chi connectivity index (χ0v) is 14.4. The second kappa shape index (κ2) is 7.36. The first-order valence-electron chi connectivity index (χ1n) is 8.34. The number of aryl methyl sites for hydroxylation is 1. The molecule has 1 fully saturated rings. The molecule has 1 saturated heterocycles. The molecule has 0 unspecified atom stereocenters. The molecule has 1 amide bonds. The Morgan fingerprint density at radius 1 is 1.19 bits per heavy atom. The highest BCUT2D eigenvalue weighted by Gasteiger charge is 2.25. The quantitative estimate of drug-likeness (QED) is 0.798. The summed E-state index contributed by atoms with van der Waals surface area (Å²) in [6, 6.07) is 12.0. The van der Waals surface area contributed by atoms with Gasteiger partial charge in [0.1, 0.15) is 18.2 Å². The van der Waals surface area contributed by atoms with E-state index < -0.39 is 11.7 Å². The number of carbonyl (C=O) groups is 2. The summed E-state index contributed by atoms with van der Waals surface area (Å²) in [5.41, 5.74) is 2.17. The number of benzene rings is 2. The minimum atomic E-state index is -0.615. The minimum absolute atomic E-state index is 0.0800. The van der Waals surface area contributed by atoms with E-state index >= 15 is 0 Å². The number of hydrogen-bond donors (Lipinski definition) is 0. The summed E-state index contributed by atoms with van der Waals surface area (Å²) >= 11 is 0. The number of amides is 1. The molecule has 0 atom stereocenters. The molecular weight excluding hydrogens is 333 g/mol. The molecule has 6 heteroatoms. The van der Waals surface area contributed by atoms with Gasteiger partial charge in [-0.15, -0.1) is 0 Å². The summed E-state index contributed by atoms with van der Waals surface area (Å²) in [6.07, 6.45) is 0.627. The molecule has 0 aliphatic carbocycles. The van der Waals surface area contributed by atoms with E-state index in [9.17, 15) is 19.2 Å². The molecule has 0 saturated carbocycles. The molecule has 5 nitrogen and oxygen atoms in total. The van der Waals surface area contributed by atoms with E-state index in [1.54, 1.807) is 17.9 Å². The maximum absolute atomic E-state index is 14.2. The Morgan fingerprint density at radius 2 is 1.88 bits per heavy atom. The van der Waals surface area contributed by atoms with Gasteiger partial charge in [0.2, 0.25) is 0 Å². The summed E-state index contributed by atoms with van der Waals surface area (Å²) in [6.45, 7) is 3.58. The number of aldehydes is 1. The fourth-order valence-corrected chi connectivity index (χ4v) is 3.15. The van der Waals surface area contributed by atoms with Crippen LogP contribution in [-0.4, -0.2) is 43.3 Å². The predicted octanol–water partition coefficient (Wildman–Crippen LogP) is 2.78. The summed E-state index contributed by atoms with van der Waals surface area (Å²) in [7, 11) is 0. The van der Waals surface area contributed by atoms with Gasteiger partial charge in [0.25, 0.3) is 5.91 Å². The molecule has 132 valence electrons. The summed E-state index contributed by atoms with van der Waals surface area (Å²) < 4.78 is 14.2. The molecule has 0 bridgehead atoms.